The number of morpholine rings is 1. The van der Waals surface area contributed by atoms with Crippen LogP contribution in [0.3, 0.4) is 0 Å². The van der Waals surface area contributed by atoms with E-state index < -0.39 is 11.7 Å². The number of fused-ring (bicyclic) bond motifs is 1. The van der Waals surface area contributed by atoms with Gasteiger partial charge < -0.3 is 19.3 Å². The molecule has 2 aliphatic heterocycles. The molecule has 32 heavy (non-hydrogen) atoms. The number of amides is 1. The van der Waals surface area contributed by atoms with Gasteiger partial charge in [-0.15, -0.1) is 0 Å². The van der Waals surface area contributed by atoms with Gasteiger partial charge in [0.15, 0.2) is 5.65 Å². The van der Waals surface area contributed by atoms with E-state index >= 15 is 0 Å². The van der Waals surface area contributed by atoms with Gasteiger partial charge in [0, 0.05) is 20.1 Å². The Balaban J connectivity index is 1.28. The first-order valence-electron chi connectivity index (χ1n) is 10.4. The molecule has 0 atom stereocenters. The maximum absolute atomic E-state index is 13.0. The second-order valence-corrected chi connectivity index (χ2v) is 7.90. The number of benzene rings is 1. The average Bonchev–Trinajstić information content (AvgIpc) is 3.04. The van der Waals surface area contributed by atoms with E-state index in [9.17, 15) is 14.0 Å². The van der Waals surface area contributed by atoms with Gasteiger partial charge in [-0.2, -0.15) is 4.98 Å². The summed E-state index contributed by atoms with van der Waals surface area (Å²) in [6, 6.07) is 5.67. The number of hydrogen-bond acceptors (Lipinski definition) is 7. The highest BCUT2D eigenvalue weighted by Gasteiger charge is 2.34. The van der Waals surface area contributed by atoms with Crippen molar-refractivity contribution in [1.82, 2.24) is 24.0 Å². The van der Waals surface area contributed by atoms with Gasteiger partial charge >= 0.3 is 11.7 Å². The monoisotopic (exact) mass is 442 g/mol. The fourth-order valence-electron chi connectivity index (χ4n) is 3.84. The Kier molecular flexibility index (Phi) is 5.35. The Labute approximate surface area is 182 Å². The van der Waals surface area contributed by atoms with Gasteiger partial charge in [-0.1, -0.05) is 12.1 Å². The van der Waals surface area contributed by atoms with Gasteiger partial charge in [-0.3, -0.25) is 4.57 Å². The van der Waals surface area contributed by atoms with Crippen molar-refractivity contribution in [3.63, 3.8) is 0 Å². The van der Waals surface area contributed by atoms with E-state index in [1.165, 1.54) is 22.9 Å². The molecule has 168 valence electrons. The van der Waals surface area contributed by atoms with Crippen LogP contribution in [0.15, 0.2) is 35.3 Å². The van der Waals surface area contributed by atoms with Gasteiger partial charge in [0.05, 0.1) is 45.2 Å². The maximum atomic E-state index is 13.0. The van der Waals surface area contributed by atoms with Crippen LogP contribution >= 0.6 is 0 Å². The lowest BCUT2D eigenvalue weighted by atomic mass is 10.1. The number of rotatable bonds is 4. The molecule has 2 aromatic heterocycles. The summed E-state index contributed by atoms with van der Waals surface area (Å²) in [5, 5.41) is 0. The number of likely N-dealkylation sites (tertiary alicyclic amines) is 1. The second kappa shape index (κ2) is 8.32. The summed E-state index contributed by atoms with van der Waals surface area (Å²) in [5.41, 5.74) is 1.17. The molecular formula is C21H23FN6O4. The van der Waals surface area contributed by atoms with Crippen molar-refractivity contribution in [1.29, 1.82) is 0 Å². The van der Waals surface area contributed by atoms with Crippen LogP contribution in [0.2, 0.25) is 0 Å². The van der Waals surface area contributed by atoms with Gasteiger partial charge in [0.25, 0.3) is 0 Å². The highest BCUT2D eigenvalue weighted by molar-refractivity contribution is 5.88. The number of hydrogen-bond donors (Lipinski definition) is 0. The third-order valence-electron chi connectivity index (χ3n) is 5.78. The average molecular weight is 442 g/mol. The molecule has 11 heteroatoms. The first-order valence-corrected chi connectivity index (χ1v) is 10.4. The molecule has 0 spiro atoms. The van der Waals surface area contributed by atoms with E-state index in [4.69, 9.17) is 9.47 Å². The Morgan fingerprint density at radius 1 is 1.22 bits per heavy atom. The minimum Gasteiger partial charge on any atom is -0.378 e. The van der Waals surface area contributed by atoms with Crippen molar-refractivity contribution in [2.24, 2.45) is 7.05 Å². The van der Waals surface area contributed by atoms with E-state index in [0.29, 0.717) is 63.1 Å². The zero-order chi connectivity index (χ0) is 22.2. The van der Waals surface area contributed by atoms with Crippen molar-refractivity contribution in [2.75, 3.05) is 44.3 Å². The number of halogens is 1. The van der Waals surface area contributed by atoms with Crippen LogP contribution in [0.1, 0.15) is 5.56 Å². The summed E-state index contributed by atoms with van der Waals surface area (Å²) >= 11 is 0. The Hall–Kier alpha value is -3.31. The number of carbonyl (C=O) groups excluding carboxylic acids is 1. The summed E-state index contributed by atoms with van der Waals surface area (Å²) in [6.45, 7) is 3.61. The molecular weight excluding hydrogens is 419 g/mol. The first kappa shape index (κ1) is 20.6. The van der Waals surface area contributed by atoms with Crippen LogP contribution in [0.25, 0.3) is 11.2 Å². The molecule has 0 N–H and O–H groups in total. The Morgan fingerprint density at radius 3 is 2.66 bits per heavy atom. The first-order chi connectivity index (χ1) is 15.5. The highest BCUT2D eigenvalue weighted by atomic mass is 19.1. The number of carbonyl (C=O) groups is 1. The third-order valence-corrected chi connectivity index (χ3v) is 5.78. The fourth-order valence-corrected chi connectivity index (χ4v) is 3.84. The number of nitrogens with zero attached hydrogens (tertiary/aromatic N) is 6. The van der Waals surface area contributed by atoms with E-state index in [1.54, 1.807) is 24.1 Å². The van der Waals surface area contributed by atoms with Crippen LogP contribution in [-0.2, 0) is 23.1 Å². The number of ether oxygens (including phenoxy) is 2. The molecule has 4 heterocycles. The predicted octanol–water partition coefficient (Wildman–Crippen LogP) is 0.975. The molecule has 3 aromatic rings. The summed E-state index contributed by atoms with van der Waals surface area (Å²) in [4.78, 5) is 38.3. The van der Waals surface area contributed by atoms with Crippen molar-refractivity contribution in [2.45, 2.75) is 12.7 Å². The summed E-state index contributed by atoms with van der Waals surface area (Å²) in [7, 11) is 1.59. The standard InChI is InChI=1S/C21H23FN6O4/c1-25-18-17(10-23-19(24-18)26-6-8-31-9-7-26)28(20(25)29)21(30)27-11-16(12-27)32-13-14-2-4-15(22)5-3-14/h2-5,10,16H,6-9,11-13H2,1H3. The molecule has 1 amide bonds. The molecule has 0 radical (unpaired) electrons. The van der Waals surface area contributed by atoms with Gasteiger partial charge in [0.1, 0.15) is 11.3 Å². The minimum absolute atomic E-state index is 0.140. The van der Waals surface area contributed by atoms with E-state index in [0.717, 1.165) is 10.1 Å². The molecule has 5 rings (SSSR count). The Morgan fingerprint density at radius 2 is 1.94 bits per heavy atom. The summed E-state index contributed by atoms with van der Waals surface area (Å²) in [6.07, 6.45) is 1.38. The van der Waals surface area contributed by atoms with Gasteiger partial charge in [-0.25, -0.2) is 23.5 Å². The van der Waals surface area contributed by atoms with E-state index in [2.05, 4.69) is 9.97 Å². The quantitative estimate of drug-likeness (QED) is 0.594. The molecule has 2 saturated heterocycles. The van der Waals surface area contributed by atoms with Crippen LogP contribution in [0, 0.1) is 5.82 Å². The lowest BCUT2D eigenvalue weighted by molar-refractivity contribution is -0.0440. The van der Waals surface area contributed by atoms with Crippen LogP contribution in [0.4, 0.5) is 15.1 Å². The lowest BCUT2D eigenvalue weighted by Gasteiger charge is -2.38. The van der Waals surface area contributed by atoms with Crippen LogP contribution in [0.5, 0.6) is 0 Å². The highest BCUT2D eigenvalue weighted by Crippen LogP contribution is 2.19. The summed E-state index contributed by atoms with van der Waals surface area (Å²) < 4.78 is 26.6. The second-order valence-electron chi connectivity index (χ2n) is 7.90. The number of aromatic nitrogens is 4. The van der Waals surface area contributed by atoms with Gasteiger partial charge in [0.2, 0.25) is 5.95 Å². The van der Waals surface area contributed by atoms with Gasteiger partial charge in [-0.05, 0) is 17.7 Å². The topological polar surface area (TPSA) is 94.7 Å². The smallest absolute Gasteiger partial charge is 0.338 e. The maximum Gasteiger partial charge on any atom is 0.338 e. The zero-order valence-corrected chi connectivity index (χ0v) is 17.6. The zero-order valence-electron chi connectivity index (χ0n) is 17.6. The van der Waals surface area contributed by atoms with Crippen molar-refractivity contribution in [3.8, 4) is 0 Å². The number of anilines is 1. The van der Waals surface area contributed by atoms with E-state index in [1.807, 2.05) is 4.90 Å². The van der Waals surface area contributed by atoms with Crippen molar-refractivity contribution >= 4 is 23.1 Å². The molecule has 0 aliphatic carbocycles. The fraction of sp³-hybridized carbons (Fsp3) is 0.429. The molecule has 0 bridgehead atoms. The third kappa shape index (κ3) is 3.73. The normalized spacial score (nSPS) is 17.1. The van der Waals surface area contributed by atoms with Crippen molar-refractivity contribution < 1.29 is 18.7 Å². The SMILES string of the molecule is Cn1c(=O)n(C(=O)N2CC(OCc3ccc(F)cc3)C2)c2cnc(N3CCOCC3)nc21. The molecule has 0 unspecified atom stereocenters. The van der Waals surface area contributed by atoms with Crippen LogP contribution in [-0.4, -0.2) is 75.5 Å². The predicted molar refractivity (Wildman–Crippen MR) is 113 cm³/mol. The number of aryl methyl sites for hydroxylation is 1. The Bertz CT molecular complexity index is 1200. The van der Waals surface area contributed by atoms with Crippen LogP contribution < -0.4 is 10.6 Å². The molecule has 1 aromatic carbocycles. The molecule has 0 saturated carbocycles. The summed E-state index contributed by atoms with van der Waals surface area (Å²) in [5.74, 6) is 0.218. The molecule has 10 nitrogen and oxygen atoms in total. The lowest BCUT2D eigenvalue weighted by Crippen LogP contribution is -2.57. The van der Waals surface area contributed by atoms with Crippen molar-refractivity contribution in [3.05, 3.63) is 52.3 Å². The molecule has 2 fully saturated rings. The largest absolute Gasteiger partial charge is 0.378 e. The van der Waals surface area contributed by atoms with E-state index in [-0.39, 0.29) is 11.9 Å². The number of imidazole rings is 1. The molecule has 2 aliphatic rings. The minimum atomic E-state index is -0.464.